The van der Waals surface area contributed by atoms with Crippen LogP contribution in [0.2, 0.25) is 0 Å². The van der Waals surface area contributed by atoms with Gasteiger partial charge in [-0.15, -0.1) is 0 Å². The maximum atomic E-state index is 6.43. The molecule has 0 amide bonds. The third-order valence-electron chi connectivity index (χ3n) is 11.1. The first-order valence-electron chi connectivity index (χ1n) is 19.3. The Bertz CT molecular complexity index is 3060. The summed E-state index contributed by atoms with van der Waals surface area (Å²) >= 11 is 0. The Hall–Kier alpha value is -7.62. The molecule has 0 fully saturated rings. The highest BCUT2D eigenvalue weighted by molar-refractivity contribution is 6.10. The lowest BCUT2D eigenvalue weighted by atomic mass is 9.93. The first-order chi connectivity index (χ1) is 28.3. The van der Waals surface area contributed by atoms with Crippen LogP contribution in [0.4, 0.5) is 17.1 Å². The van der Waals surface area contributed by atoms with Crippen LogP contribution in [0.15, 0.2) is 221 Å². The molecule has 11 rings (SSSR count). The van der Waals surface area contributed by atoms with Crippen LogP contribution in [0.5, 0.6) is 0 Å². The molecule has 0 saturated heterocycles. The van der Waals surface area contributed by atoms with Crippen LogP contribution in [-0.4, -0.2) is 0 Å². The van der Waals surface area contributed by atoms with Crippen molar-refractivity contribution < 1.29 is 8.83 Å². The quantitative estimate of drug-likeness (QED) is 0.164. The third kappa shape index (κ3) is 5.68. The Balaban J connectivity index is 1.05. The fourth-order valence-electron chi connectivity index (χ4n) is 8.37. The Morgan fingerprint density at radius 2 is 0.667 bits per heavy atom. The number of hydrogen-bond acceptors (Lipinski definition) is 3. The van der Waals surface area contributed by atoms with Crippen LogP contribution in [0.25, 0.3) is 88.4 Å². The van der Waals surface area contributed by atoms with Crippen molar-refractivity contribution in [2.24, 2.45) is 0 Å². The number of furan rings is 2. The second kappa shape index (κ2) is 13.6. The molecule has 0 atom stereocenters. The molecule has 2 heterocycles. The van der Waals surface area contributed by atoms with E-state index < -0.39 is 0 Å². The molecule has 0 radical (unpaired) electrons. The van der Waals surface area contributed by atoms with E-state index >= 15 is 0 Å². The predicted molar refractivity (Wildman–Crippen MR) is 237 cm³/mol. The van der Waals surface area contributed by atoms with E-state index in [-0.39, 0.29) is 0 Å². The molecule has 0 aliphatic rings. The van der Waals surface area contributed by atoms with Gasteiger partial charge >= 0.3 is 0 Å². The van der Waals surface area contributed by atoms with Crippen molar-refractivity contribution in [3.63, 3.8) is 0 Å². The first-order valence-corrected chi connectivity index (χ1v) is 19.3. The predicted octanol–water partition coefficient (Wildman–Crippen LogP) is 15.6. The Labute approximate surface area is 330 Å². The van der Waals surface area contributed by atoms with Crippen LogP contribution in [0.1, 0.15) is 0 Å². The molecule has 268 valence electrons. The average Bonchev–Trinajstić information content (AvgIpc) is 3.87. The molecule has 57 heavy (non-hydrogen) atoms. The molecular weight excluding hydrogens is 695 g/mol. The van der Waals surface area contributed by atoms with Gasteiger partial charge in [0, 0.05) is 49.7 Å². The van der Waals surface area contributed by atoms with E-state index in [9.17, 15) is 0 Å². The number of nitrogens with zero attached hydrogens (tertiary/aromatic N) is 1. The topological polar surface area (TPSA) is 29.5 Å². The summed E-state index contributed by atoms with van der Waals surface area (Å²) < 4.78 is 12.9. The summed E-state index contributed by atoms with van der Waals surface area (Å²) in [5.74, 6) is 0. The summed E-state index contributed by atoms with van der Waals surface area (Å²) in [6, 6.07) is 75.1. The zero-order chi connectivity index (χ0) is 37.7. The molecule has 0 saturated carbocycles. The fraction of sp³-hybridized carbons (Fsp3) is 0. The van der Waals surface area contributed by atoms with Gasteiger partial charge in [-0.05, 0) is 81.9 Å². The van der Waals surface area contributed by atoms with E-state index in [2.05, 4.69) is 193 Å². The van der Waals surface area contributed by atoms with E-state index in [1.807, 2.05) is 24.3 Å². The third-order valence-corrected chi connectivity index (χ3v) is 11.1. The van der Waals surface area contributed by atoms with Crippen molar-refractivity contribution in [2.45, 2.75) is 0 Å². The molecule has 0 N–H and O–H groups in total. The summed E-state index contributed by atoms with van der Waals surface area (Å²) in [7, 11) is 0. The summed E-state index contributed by atoms with van der Waals surface area (Å²) in [6.45, 7) is 0. The van der Waals surface area contributed by atoms with Gasteiger partial charge in [-0.25, -0.2) is 0 Å². The zero-order valence-corrected chi connectivity index (χ0v) is 31.0. The number of fused-ring (bicyclic) bond motifs is 6. The molecule has 0 unspecified atom stereocenters. The van der Waals surface area contributed by atoms with Crippen molar-refractivity contribution in [1.82, 2.24) is 0 Å². The second-order valence-electron chi connectivity index (χ2n) is 14.5. The zero-order valence-electron chi connectivity index (χ0n) is 31.0. The van der Waals surface area contributed by atoms with Crippen LogP contribution in [0, 0.1) is 0 Å². The number of rotatable bonds is 7. The van der Waals surface area contributed by atoms with Crippen molar-refractivity contribution in [1.29, 1.82) is 0 Å². The lowest BCUT2D eigenvalue weighted by Gasteiger charge is -2.27. The molecule has 11 aromatic rings. The molecule has 9 aromatic carbocycles. The molecule has 2 aromatic heterocycles. The fourth-order valence-corrected chi connectivity index (χ4v) is 8.37. The van der Waals surface area contributed by atoms with E-state index in [1.54, 1.807) is 0 Å². The van der Waals surface area contributed by atoms with Gasteiger partial charge in [0.15, 0.2) is 0 Å². The highest BCUT2D eigenvalue weighted by atomic mass is 16.3. The van der Waals surface area contributed by atoms with Crippen LogP contribution in [-0.2, 0) is 0 Å². The molecule has 3 heteroatoms. The summed E-state index contributed by atoms with van der Waals surface area (Å²) in [5.41, 5.74) is 15.8. The van der Waals surface area contributed by atoms with Crippen molar-refractivity contribution in [3.05, 3.63) is 212 Å². The minimum atomic E-state index is 0.899. The normalized spacial score (nSPS) is 11.5. The summed E-state index contributed by atoms with van der Waals surface area (Å²) in [4.78, 5) is 2.35. The van der Waals surface area contributed by atoms with Gasteiger partial charge in [-0.2, -0.15) is 0 Å². The van der Waals surface area contributed by atoms with Crippen molar-refractivity contribution in [2.75, 3.05) is 4.90 Å². The largest absolute Gasteiger partial charge is 0.455 e. The maximum absolute atomic E-state index is 6.43. The van der Waals surface area contributed by atoms with Gasteiger partial charge in [-0.3, -0.25) is 0 Å². The summed E-state index contributed by atoms with van der Waals surface area (Å²) in [6.07, 6.45) is 0. The van der Waals surface area contributed by atoms with E-state index in [4.69, 9.17) is 8.83 Å². The van der Waals surface area contributed by atoms with Crippen LogP contribution < -0.4 is 4.90 Å². The maximum Gasteiger partial charge on any atom is 0.143 e. The van der Waals surface area contributed by atoms with Crippen LogP contribution in [0.3, 0.4) is 0 Å². The lowest BCUT2D eigenvalue weighted by Crippen LogP contribution is -2.10. The number of benzene rings is 9. The molecular formula is C54H35NO2. The van der Waals surface area contributed by atoms with Gasteiger partial charge in [0.2, 0.25) is 0 Å². The number of hydrogen-bond donors (Lipinski definition) is 0. The van der Waals surface area contributed by atoms with Gasteiger partial charge in [-0.1, -0.05) is 164 Å². The highest BCUT2D eigenvalue weighted by Gasteiger charge is 2.19. The van der Waals surface area contributed by atoms with Crippen molar-refractivity contribution in [3.8, 4) is 44.5 Å². The van der Waals surface area contributed by atoms with E-state index in [1.165, 1.54) is 22.3 Å². The number of anilines is 3. The highest BCUT2D eigenvalue weighted by Crippen LogP contribution is 2.43. The van der Waals surface area contributed by atoms with Gasteiger partial charge in [0.25, 0.3) is 0 Å². The molecule has 0 bridgehead atoms. The molecule has 0 spiro atoms. The standard InChI is InChI=1S/C54H35NO2/c1-3-13-36(14-4-1)43-34-33-42(35-50(43)37-15-5-2-6-16-37)55(40-29-25-38(26-30-40)44-19-11-21-48-46-17-7-9-23-51(46)56-53(44)48)41-31-27-39(28-32-41)45-20-12-22-49-47-18-8-10-24-52(47)57-54(45)49/h1-35H. The Morgan fingerprint density at radius 3 is 1.18 bits per heavy atom. The van der Waals surface area contributed by atoms with Crippen LogP contribution >= 0.6 is 0 Å². The van der Waals surface area contributed by atoms with E-state index in [0.717, 1.165) is 83.2 Å². The average molecular weight is 730 g/mol. The lowest BCUT2D eigenvalue weighted by molar-refractivity contribution is 0.669. The van der Waals surface area contributed by atoms with Gasteiger partial charge in [0.1, 0.15) is 22.3 Å². The molecule has 0 aliphatic heterocycles. The Morgan fingerprint density at radius 1 is 0.263 bits per heavy atom. The monoisotopic (exact) mass is 729 g/mol. The second-order valence-corrected chi connectivity index (χ2v) is 14.5. The smallest absolute Gasteiger partial charge is 0.143 e. The number of para-hydroxylation sites is 4. The summed E-state index contributed by atoms with van der Waals surface area (Å²) in [5, 5.41) is 4.51. The van der Waals surface area contributed by atoms with Crippen molar-refractivity contribution >= 4 is 60.9 Å². The van der Waals surface area contributed by atoms with E-state index in [0.29, 0.717) is 0 Å². The minimum absolute atomic E-state index is 0.899. The van der Waals surface area contributed by atoms with Gasteiger partial charge < -0.3 is 13.7 Å². The molecule has 0 aliphatic carbocycles. The SMILES string of the molecule is c1ccc(-c2ccc(N(c3ccc(-c4cccc5c4oc4ccccc45)cc3)c3ccc(-c4cccc5c4oc4ccccc45)cc3)cc2-c2ccccc2)cc1. The Kier molecular flexibility index (Phi) is 7.82. The first kappa shape index (κ1) is 32.8. The minimum Gasteiger partial charge on any atom is -0.455 e. The van der Waals surface area contributed by atoms with Gasteiger partial charge in [0.05, 0.1) is 0 Å². The molecule has 3 nitrogen and oxygen atoms in total.